The molecule has 1 N–H and O–H groups in total. The van der Waals surface area contributed by atoms with Gasteiger partial charge in [-0.05, 0) is 68.0 Å². The first-order valence-corrected chi connectivity index (χ1v) is 7.45. The van der Waals surface area contributed by atoms with Crippen molar-refractivity contribution in [1.82, 2.24) is 5.32 Å². The average Bonchev–Trinajstić information content (AvgIpc) is 2.87. The smallest absolute Gasteiger partial charge is 0.161 e. The lowest BCUT2D eigenvalue weighted by molar-refractivity contribution is 0.354. The van der Waals surface area contributed by atoms with Crippen molar-refractivity contribution in [2.24, 2.45) is 5.92 Å². The Kier molecular flexibility index (Phi) is 3.97. The van der Waals surface area contributed by atoms with Crippen LogP contribution < -0.4 is 14.8 Å². The quantitative estimate of drug-likeness (QED) is 0.914. The normalized spacial score (nSPS) is 18.6. The highest BCUT2D eigenvalue weighted by Crippen LogP contribution is 2.38. The van der Waals surface area contributed by atoms with Crippen LogP contribution in [0.5, 0.6) is 11.5 Å². The number of methoxy groups -OCH3 is 2. The van der Waals surface area contributed by atoms with Gasteiger partial charge in [0, 0.05) is 0 Å². The summed E-state index contributed by atoms with van der Waals surface area (Å²) in [6.45, 7) is 2.35. The molecule has 3 heteroatoms. The molecule has 0 spiro atoms. The van der Waals surface area contributed by atoms with Gasteiger partial charge in [-0.3, -0.25) is 0 Å². The summed E-state index contributed by atoms with van der Waals surface area (Å²) in [7, 11) is 3.39. The largest absolute Gasteiger partial charge is 0.493 e. The van der Waals surface area contributed by atoms with E-state index in [0.717, 1.165) is 23.8 Å². The number of allylic oxidation sites excluding steroid dienone is 1. The van der Waals surface area contributed by atoms with Crippen LogP contribution in [0.4, 0.5) is 0 Å². The molecule has 0 amide bonds. The van der Waals surface area contributed by atoms with Crippen LogP contribution in [0.25, 0.3) is 6.08 Å². The van der Waals surface area contributed by atoms with Crippen molar-refractivity contribution < 1.29 is 9.47 Å². The number of benzene rings is 1. The number of ether oxygens (including phenoxy) is 2. The first-order valence-electron chi connectivity index (χ1n) is 7.45. The van der Waals surface area contributed by atoms with E-state index in [2.05, 4.69) is 23.5 Å². The van der Waals surface area contributed by atoms with Gasteiger partial charge >= 0.3 is 0 Å². The molecule has 0 aromatic heterocycles. The number of rotatable bonds is 4. The Hall–Kier alpha value is -1.48. The van der Waals surface area contributed by atoms with Crippen molar-refractivity contribution in [3.05, 3.63) is 28.8 Å². The number of fused-ring (bicyclic) bond motifs is 1. The lowest BCUT2D eigenvalue weighted by atomic mass is 9.90. The molecule has 1 aliphatic heterocycles. The molecule has 1 aromatic carbocycles. The van der Waals surface area contributed by atoms with Crippen molar-refractivity contribution in [1.29, 1.82) is 0 Å². The maximum Gasteiger partial charge on any atom is 0.161 e. The molecule has 0 unspecified atom stereocenters. The second kappa shape index (κ2) is 5.88. The van der Waals surface area contributed by atoms with Crippen LogP contribution in [0.1, 0.15) is 30.4 Å². The molecule has 0 radical (unpaired) electrons. The Morgan fingerprint density at radius 2 is 1.80 bits per heavy atom. The Labute approximate surface area is 121 Å². The topological polar surface area (TPSA) is 30.5 Å². The van der Waals surface area contributed by atoms with E-state index < -0.39 is 0 Å². The predicted octanol–water partition coefficient (Wildman–Crippen LogP) is 3.03. The summed E-state index contributed by atoms with van der Waals surface area (Å²) < 4.78 is 10.8. The van der Waals surface area contributed by atoms with Gasteiger partial charge in [-0.2, -0.15) is 0 Å². The number of piperidine rings is 1. The van der Waals surface area contributed by atoms with E-state index in [0.29, 0.717) is 0 Å². The van der Waals surface area contributed by atoms with E-state index in [1.165, 1.54) is 43.5 Å². The lowest BCUT2D eigenvalue weighted by Crippen LogP contribution is -2.27. The number of nitrogens with one attached hydrogen (secondary N) is 1. The van der Waals surface area contributed by atoms with E-state index >= 15 is 0 Å². The van der Waals surface area contributed by atoms with Gasteiger partial charge in [0.15, 0.2) is 11.5 Å². The third-order valence-electron chi connectivity index (χ3n) is 4.43. The standard InChI is InChI=1S/C17H23NO2/c1-19-16-10-14-8-13(7-12-3-5-18-6-4-12)9-15(14)11-17(16)20-2/h8,10-12,18H,3-7,9H2,1-2H3. The summed E-state index contributed by atoms with van der Waals surface area (Å²) in [5.41, 5.74) is 4.22. The third-order valence-corrected chi connectivity index (χ3v) is 4.43. The van der Waals surface area contributed by atoms with Gasteiger partial charge in [-0.25, -0.2) is 0 Å². The van der Waals surface area contributed by atoms with Crippen molar-refractivity contribution in [2.75, 3.05) is 27.3 Å². The van der Waals surface area contributed by atoms with Gasteiger partial charge in [0.2, 0.25) is 0 Å². The van der Waals surface area contributed by atoms with E-state index in [4.69, 9.17) is 9.47 Å². The molecule has 0 saturated carbocycles. The molecular weight excluding hydrogens is 250 g/mol. The first kappa shape index (κ1) is 13.5. The maximum atomic E-state index is 5.39. The molecule has 20 heavy (non-hydrogen) atoms. The Morgan fingerprint density at radius 3 is 2.50 bits per heavy atom. The monoisotopic (exact) mass is 273 g/mol. The minimum atomic E-state index is 0.825. The molecule has 2 aliphatic rings. The Morgan fingerprint density at radius 1 is 1.10 bits per heavy atom. The van der Waals surface area contributed by atoms with Crippen molar-refractivity contribution in [3.8, 4) is 11.5 Å². The maximum absolute atomic E-state index is 5.39. The number of hydrogen-bond donors (Lipinski definition) is 1. The predicted molar refractivity (Wildman–Crippen MR) is 81.4 cm³/mol. The van der Waals surface area contributed by atoms with E-state index in [-0.39, 0.29) is 0 Å². The molecule has 3 nitrogen and oxygen atoms in total. The van der Waals surface area contributed by atoms with Crippen LogP contribution in [0, 0.1) is 5.92 Å². The minimum absolute atomic E-state index is 0.825. The van der Waals surface area contributed by atoms with E-state index in [9.17, 15) is 0 Å². The van der Waals surface area contributed by atoms with Gasteiger partial charge in [0.05, 0.1) is 14.2 Å². The molecule has 0 bridgehead atoms. The molecule has 1 heterocycles. The highest BCUT2D eigenvalue weighted by atomic mass is 16.5. The second-order valence-corrected chi connectivity index (χ2v) is 5.78. The molecule has 1 fully saturated rings. The summed E-state index contributed by atoms with van der Waals surface area (Å²) >= 11 is 0. The van der Waals surface area contributed by atoms with Gasteiger partial charge in [-0.15, -0.1) is 0 Å². The zero-order valence-electron chi connectivity index (χ0n) is 12.4. The molecule has 108 valence electrons. The van der Waals surface area contributed by atoms with Crippen LogP contribution in [0.3, 0.4) is 0 Å². The fourth-order valence-corrected chi connectivity index (χ4v) is 3.33. The zero-order chi connectivity index (χ0) is 13.9. The highest BCUT2D eigenvalue weighted by Gasteiger charge is 2.20. The van der Waals surface area contributed by atoms with Gasteiger partial charge in [0.1, 0.15) is 0 Å². The molecular formula is C17H23NO2. The Balaban J connectivity index is 1.74. The third kappa shape index (κ3) is 2.68. The first-order chi connectivity index (χ1) is 9.80. The van der Waals surface area contributed by atoms with Crippen LogP contribution in [0.15, 0.2) is 17.7 Å². The SMILES string of the molecule is COc1cc2c(cc1OC)CC(CC1CCNCC1)=C2. The van der Waals surface area contributed by atoms with Crippen molar-refractivity contribution in [2.45, 2.75) is 25.7 Å². The van der Waals surface area contributed by atoms with Crippen LogP contribution in [0.2, 0.25) is 0 Å². The van der Waals surface area contributed by atoms with Crippen LogP contribution in [-0.4, -0.2) is 27.3 Å². The highest BCUT2D eigenvalue weighted by molar-refractivity contribution is 5.67. The minimum Gasteiger partial charge on any atom is -0.493 e. The summed E-state index contributed by atoms with van der Waals surface area (Å²) in [6.07, 6.45) is 7.26. The average molecular weight is 273 g/mol. The van der Waals surface area contributed by atoms with Crippen molar-refractivity contribution >= 4 is 6.08 Å². The summed E-state index contributed by atoms with van der Waals surface area (Å²) in [4.78, 5) is 0. The molecule has 1 aliphatic carbocycles. The molecule has 1 aromatic rings. The second-order valence-electron chi connectivity index (χ2n) is 5.78. The molecule has 0 atom stereocenters. The molecule has 1 saturated heterocycles. The van der Waals surface area contributed by atoms with Crippen LogP contribution >= 0.6 is 0 Å². The van der Waals surface area contributed by atoms with E-state index in [1.54, 1.807) is 19.8 Å². The summed E-state index contributed by atoms with van der Waals surface area (Å²) in [6, 6.07) is 4.23. The van der Waals surface area contributed by atoms with Gasteiger partial charge < -0.3 is 14.8 Å². The lowest BCUT2D eigenvalue weighted by Gasteiger charge is -2.22. The summed E-state index contributed by atoms with van der Waals surface area (Å²) in [5.74, 6) is 2.51. The fraction of sp³-hybridized carbons (Fsp3) is 0.529. The van der Waals surface area contributed by atoms with Crippen molar-refractivity contribution in [3.63, 3.8) is 0 Å². The molecule has 3 rings (SSSR count). The van der Waals surface area contributed by atoms with Gasteiger partial charge in [0.25, 0.3) is 0 Å². The van der Waals surface area contributed by atoms with E-state index in [1.807, 2.05) is 0 Å². The zero-order valence-corrected chi connectivity index (χ0v) is 12.4. The number of hydrogen-bond acceptors (Lipinski definition) is 3. The van der Waals surface area contributed by atoms with Gasteiger partial charge in [-0.1, -0.05) is 11.6 Å². The summed E-state index contributed by atoms with van der Waals surface area (Å²) in [5, 5.41) is 3.43. The fourth-order valence-electron chi connectivity index (χ4n) is 3.33. The van der Waals surface area contributed by atoms with Crippen LogP contribution in [-0.2, 0) is 6.42 Å². The Bertz CT molecular complexity index is 516.